The van der Waals surface area contributed by atoms with Crippen molar-refractivity contribution in [1.82, 2.24) is 9.97 Å². The molecule has 0 aliphatic carbocycles. The minimum Gasteiger partial charge on any atom is -0.403 e. The van der Waals surface area contributed by atoms with Gasteiger partial charge >= 0.3 is 0 Å². The molecule has 0 spiro atoms. The van der Waals surface area contributed by atoms with Crippen molar-refractivity contribution in [3.05, 3.63) is 53.5 Å². The summed E-state index contributed by atoms with van der Waals surface area (Å²) in [5.74, 6) is 1.18. The molecule has 9 heteroatoms. The number of nitrogens with two attached hydrogens (primary N) is 1. The van der Waals surface area contributed by atoms with Crippen molar-refractivity contribution in [3.8, 4) is 0 Å². The Balaban J connectivity index is 1.62. The molecule has 2 aromatic rings. The van der Waals surface area contributed by atoms with Crippen LogP contribution in [0.3, 0.4) is 0 Å². The largest absolute Gasteiger partial charge is 0.403 e. The van der Waals surface area contributed by atoms with E-state index in [-0.39, 0.29) is 6.61 Å². The van der Waals surface area contributed by atoms with Crippen LogP contribution < -0.4 is 21.3 Å². The molecule has 1 aromatic heterocycles. The van der Waals surface area contributed by atoms with Crippen molar-refractivity contribution in [1.29, 1.82) is 0 Å². The molecule has 0 bridgehead atoms. The molecule has 1 fully saturated rings. The molecule has 1 aromatic carbocycles. The van der Waals surface area contributed by atoms with Crippen LogP contribution in [0.2, 0.25) is 0 Å². The van der Waals surface area contributed by atoms with Gasteiger partial charge in [0.2, 0.25) is 5.95 Å². The van der Waals surface area contributed by atoms with Crippen molar-refractivity contribution in [2.24, 2.45) is 10.7 Å². The Morgan fingerprint density at radius 3 is 2.97 bits per heavy atom. The van der Waals surface area contributed by atoms with Crippen molar-refractivity contribution in [3.63, 3.8) is 0 Å². The molecular formula is C22H31N7O2. The third-order valence-corrected chi connectivity index (χ3v) is 4.83. The number of aliphatic hydroxyl groups is 1. The first-order chi connectivity index (χ1) is 15.2. The van der Waals surface area contributed by atoms with Crippen LogP contribution in [0.1, 0.15) is 17.5 Å². The van der Waals surface area contributed by atoms with Crippen LogP contribution in [0.4, 0.5) is 17.5 Å². The predicted molar refractivity (Wildman–Crippen MR) is 125 cm³/mol. The van der Waals surface area contributed by atoms with Gasteiger partial charge in [-0.1, -0.05) is 12.1 Å². The maximum atomic E-state index is 8.83. The fourth-order valence-corrected chi connectivity index (χ4v) is 3.12. The summed E-state index contributed by atoms with van der Waals surface area (Å²) in [5, 5.41) is 15.3. The first kappa shape index (κ1) is 22.5. The summed E-state index contributed by atoms with van der Waals surface area (Å²) >= 11 is 0. The molecule has 0 amide bonds. The number of allylic oxidation sites excluding steroid dienone is 1. The van der Waals surface area contributed by atoms with Crippen LogP contribution in [-0.2, 0) is 11.3 Å². The van der Waals surface area contributed by atoms with E-state index in [9.17, 15) is 0 Å². The molecular weight excluding hydrogens is 394 g/mol. The number of ether oxygens (including phenoxy) is 1. The van der Waals surface area contributed by atoms with Crippen LogP contribution in [0.25, 0.3) is 0 Å². The van der Waals surface area contributed by atoms with Gasteiger partial charge in [0.05, 0.1) is 18.9 Å². The number of hydrogen-bond acceptors (Lipinski definition) is 9. The Bertz CT molecular complexity index is 895. The van der Waals surface area contributed by atoms with Gasteiger partial charge in [0.15, 0.2) is 0 Å². The van der Waals surface area contributed by atoms with Crippen molar-refractivity contribution in [2.45, 2.75) is 19.9 Å². The van der Waals surface area contributed by atoms with Gasteiger partial charge in [-0.05, 0) is 31.0 Å². The van der Waals surface area contributed by atoms with Crippen LogP contribution in [0.5, 0.6) is 0 Å². The van der Waals surface area contributed by atoms with E-state index in [1.165, 1.54) is 17.5 Å². The molecule has 1 aliphatic rings. The molecule has 2 heterocycles. The highest BCUT2D eigenvalue weighted by Crippen LogP contribution is 2.19. The highest BCUT2D eigenvalue weighted by Gasteiger charge is 2.11. The first-order valence-corrected chi connectivity index (χ1v) is 10.5. The number of aryl methyl sites for hydroxylation is 1. The van der Waals surface area contributed by atoms with Gasteiger partial charge in [-0.2, -0.15) is 4.98 Å². The lowest BCUT2D eigenvalue weighted by atomic mass is 10.1. The van der Waals surface area contributed by atoms with Gasteiger partial charge in [0.1, 0.15) is 5.82 Å². The average molecular weight is 426 g/mol. The van der Waals surface area contributed by atoms with Crippen molar-refractivity contribution in [2.75, 3.05) is 55.0 Å². The van der Waals surface area contributed by atoms with Crippen molar-refractivity contribution < 1.29 is 9.84 Å². The summed E-state index contributed by atoms with van der Waals surface area (Å²) in [5.41, 5.74) is 9.59. The molecule has 1 saturated heterocycles. The highest BCUT2D eigenvalue weighted by molar-refractivity contribution is 5.82. The summed E-state index contributed by atoms with van der Waals surface area (Å²) in [6.07, 6.45) is 5.40. The fraction of sp³-hybridized carbons (Fsp3) is 0.409. The van der Waals surface area contributed by atoms with E-state index in [1.54, 1.807) is 12.4 Å². The number of anilines is 3. The molecule has 1 aliphatic heterocycles. The average Bonchev–Trinajstić information content (AvgIpc) is 2.82. The van der Waals surface area contributed by atoms with Gasteiger partial charge in [-0.15, -0.1) is 0 Å². The number of rotatable bonds is 10. The van der Waals surface area contributed by atoms with Gasteiger partial charge in [0, 0.05) is 62.6 Å². The van der Waals surface area contributed by atoms with E-state index < -0.39 is 0 Å². The van der Waals surface area contributed by atoms with Crippen LogP contribution in [0, 0.1) is 6.92 Å². The first-order valence-electron chi connectivity index (χ1n) is 10.5. The zero-order valence-electron chi connectivity index (χ0n) is 17.9. The second kappa shape index (κ2) is 11.9. The summed E-state index contributed by atoms with van der Waals surface area (Å²) < 4.78 is 5.45. The van der Waals surface area contributed by atoms with Gasteiger partial charge in [-0.25, -0.2) is 4.98 Å². The van der Waals surface area contributed by atoms with E-state index >= 15 is 0 Å². The van der Waals surface area contributed by atoms with Crippen LogP contribution in [0.15, 0.2) is 47.4 Å². The molecule has 0 atom stereocenters. The van der Waals surface area contributed by atoms with Crippen LogP contribution >= 0.6 is 0 Å². The van der Waals surface area contributed by atoms with E-state index in [1.807, 2.05) is 6.92 Å². The molecule has 3 rings (SSSR count). The quantitative estimate of drug-likeness (QED) is 0.336. The number of aliphatic imine (C=N–C) groups is 1. The van der Waals surface area contributed by atoms with E-state index in [2.05, 4.69) is 54.8 Å². The predicted octanol–water partition coefficient (Wildman–Crippen LogP) is 1.90. The number of hydrogen-bond donors (Lipinski definition) is 4. The lowest BCUT2D eigenvalue weighted by Crippen LogP contribution is -2.36. The monoisotopic (exact) mass is 425 g/mol. The van der Waals surface area contributed by atoms with E-state index in [0.717, 1.165) is 37.7 Å². The molecule has 0 radical (unpaired) electrons. The zero-order valence-corrected chi connectivity index (χ0v) is 17.9. The minimum atomic E-state index is 0.109. The summed E-state index contributed by atoms with van der Waals surface area (Å²) in [7, 11) is 0. The smallest absolute Gasteiger partial charge is 0.229 e. The maximum Gasteiger partial charge on any atom is 0.229 e. The number of aliphatic hydroxyl groups excluding tert-OH is 1. The Hall–Kier alpha value is -3.17. The minimum absolute atomic E-state index is 0.109. The Kier molecular flexibility index (Phi) is 8.62. The van der Waals surface area contributed by atoms with Crippen molar-refractivity contribution >= 4 is 23.7 Å². The standard InChI is InChI=1S/C22H31N7O2/c1-17-14-26-22(27-19(13-23)16-24-6-3-9-30)28-21(17)25-15-18-4-2-5-20(12-18)29-7-10-31-11-8-29/h2,4-5,12-14,16,30H,3,6-11,15,23H2,1H3,(H2,25,26,27,28). The summed E-state index contributed by atoms with van der Waals surface area (Å²) in [6, 6.07) is 8.52. The zero-order chi connectivity index (χ0) is 21.9. The molecule has 0 saturated carbocycles. The molecule has 9 nitrogen and oxygen atoms in total. The number of aromatic nitrogens is 2. The van der Waals surface area contributed by atoms with Gasteiger partial charge in [0.25, 0.3) is 0 Å². The number of nitrogens with one attached hydrogen (secondary N) is 2. The fourth-order valence-electron chi connectivity index (χ4n) is 3.12. The highest BCUT2D eigenvalue weighted by atomic mass is 16.5. The normalized spacial score (nSPS) is 14.8. The Morgan fingerprint density at radius 1 is 1.35 bits per heavy atom. The lowest BCUT2D eigenvalue weighted by molar-refractivity contribution is 0.122. The van der Waals surface area contributed by atoms with E-state index in [4.69, 9.17) is 15.6 Å². The Morgan fingerprint density at radius 2 is 2.19 bits per heavy atom. The van der Waals surface area contributed by atoms with E-state index in [0.29, 0.717) is 31.2 Å². The van der Waals surface area contributed by atoms with Gasteiger partial charge < -0.3 is 31.1 Å². The maximum absolute atomic E-state index is 8.83. The molecule has 31 heavy (non-hydrogen) atoms. The SMILES string of the molecule is Cc1cnc(NC(C=NCCCO)=CN)nc1NCc1cccc(N2CCOCC2)c1. The number of morpholine rings is 1. The number of benzene rings is 1. The molecule has 0 unspecified atom stereocenters. The van der Waals surface area contributed by atoms with Gasteiger partial charge in [-0.3, -0.25) is 4.99 Å². The topological polar surface area (TPSA) is 121 Å². The number of nitrogens with zero attached hydrogens (tertiary/aromatic N) is 4. The second-order valence-electron chi connectivity index (χ2n) is 7.21. The lowest BCUT2D eigenvalue weighted by Gasteiger charge is -2.29. The second-order valence-corrected chi connectivity index (χ2v) is 7.21. The third-order valence-electron chi connectivity index (χ3n) is 4.83. The molecule has 5 N–H and O–H groups in total. The Labute approximate surface area is 183 Å². The summed E-state index contributed by atoms with van der Waals surface area (Å²) in [4.78, 5) is 15.4. The molecule has 166 valence electrons. The summed E-state index contributed by atoms with van der Waals surface area (Å²) in [6.45, 7) is 6.62. The van der Waals surface area contributed by atoms with Crippen LogP contribution in [-0.4, -0.2) is 60.7 Å². The third kappa shape index (κ3) is 6.94.